The summed E-state index contributed by atoms with van der Waals surface area (Å²) in [6.07, 6.45) is 7.27. The Labute approximate surface area is 112 Å². The van der Waals surface area contributed by atoms with E-state index in [4.69, 9.17) is 0 Å². The summed E-state index contributed by atoms with van der Waals surface area (Å²) in [7, 11) is 0. The van der Waals surface area contributed by atoms with Gasteiger partial charge in [-0.2, -0.15) is 5.10 Å². The van der Waals surface area contributed by atoms with Gasteiger partial charge in [0.2, 0.25) is 5.91 Å². The van der Waals surface area contributed by atoms with Gasteiger partial charge in [-0.25, -0.2) is 4.98 Å². The van der Waals surface area contributed by atoms with Gasteiger partial charge in [-0.3, -0.25) is 9.48 Å². The van der Waals surface area contributed by atoms with Crippen molar-refractivity contribution in [2.24, 2.45) is 0 Å². The molecule has 1 N–H and O–H groups in total. The van der Waals surface area contributed by atoms with E-state index < -0.39 is 0 Å². The van der Waals surface area contributed by atoms with Crippen LogP contribution < -0.4 is 5.32 Å². The molecule has 1 amide bonds. The molecule has 0 aliphatic rings. The van der Waals surface area contributed by atoms with E-state index in [9.17, 15) is 4.79 Å². The molecule has 0 radical (unpaired) electrons. The summed E-state index contributed by atoms with van der Waals surface area (Å²) in [4.78, 5) is 15.9. The summed E-state index contributed by atoms with van der Waals surface area (Å²) < 4.78 is 3.68. The van der Waals surface area contributed by atoms with Crippen molar-refractivity contribution in [2.75, 3.05) is 6.54 Å². The van der Waals surface area contributed by atoms with Crippen LogP contribution in [0.1, 0.15) is 24.4 Å². The van der Waals surface area contributed by atoms with Gasteiger partial charge in [0.05, 0.1) is 12.2 Å². The van der Waals surface area contributed by atoms with Crippen molar-refractivity contribution in [3.8, 4) is 0 Å². The number of aromatic nitrogens is 4. The second-order valence-electron chi connectivity index (χ2n) is 4.75. The first-order chi connectivity index (χ1) is 9.06. The maximum absolute atomic E-state index is 11.8. The first-order valence-corrected chi connectivity index (χ1v) is 6.31. The zero-order chi connectivity index (χ0) is 13.8. The number of hydrogen-bond acceptors (Lipinski definition) is 3. The van der Waals surface area contributed by atoms with Crippen molar-refractivity contribution in [2.45, 2.75) is 33.4 Å². The second-order valence-corrected chi connectivity index (χ2v) is 4.75. The van der Waals surface area contributed by atoms with E-state index in [0.717, 1.165) is 11.4 Å². The molecule has 0 unspecified atom stereocenters. The van der Waals surface area contributed by atoms with Crippen LogP contribution in [-0.2, 0) is 11.3 Å². The molecule has 0 bridgehead atoms. The molecule has 6 nitrogen and oxygen atoms in total. The third kappa shape index (κ3) is 3.43. The van der Waals surface area contributed by atoms with Gasteiger partial charge >= 0.3 is 0 Å². The lowest BCUT2D eigenvalue weighted by molar-refractivity contribution is -0.121. The SMILES string of the molecule is Cc1cnn([C@H](C)CNC(=O)Cn2ccnc2C)c1. The average Bonchev–Trinajstić information content (AvgIpc) is 2.96. The molecule has 2 aromatic rings. The molecule has 2 rings (SSSR count). The number of aryl methyl sites for hydroxylation is 2. The summed E-state index contributed by atoms with van der Waals surface area (Å²) >= 11 is 0. The maximum atomic E-state index is 11.8. The minimum Gasteiger partial charge on any atom is -0.352 e. The predicted octanol–water partition coefficient (Wildman–Crippen LogP) is 1.07. The molecule has 1 atom stereocenters. The van der Waals surface area contributed by atoms with E-state index in [1.165, 1.54) is 0 Å². The number of hydrogen-bond donors (Lipinski definition) is 1. The fourth-order valence-corrected chi connectivity index (χ4v) is 1.81. The monoisotopic (exact) mass is 261 g/mol. The largest absolute Gasteiger partial charge is 0.352 e. The first kappa shape index (κ1) is 13.3. The number of carbonyl (C=O) groups is 1. The van der Waals surface area contributed by atoms with Crippen molar-refractivity contribution in [1.29, 1.82) is 0 Å². The van der Waals surface area contributed by atoms with E-state index in [1.54, 1.807) is 12.4 Å². The summed E-state index contributed by atoms with van der Waals surface area (Å²) in [5, 5.41) is 7.14. The van der Waals surface area contributed by atoms with Gasteiger partial charge in [-0.1, -0.05) is 0 Å². The Hall–Kier alpha value is -2.11. The van der Waals surface area contributed by atoms with Crippen LogP contribution in [0.5, 0.6) is 0 Å². The van der Waals surface area contributed by atoms with Crippen LogP contribution >= 0.6 is 0 Å². The van der Waals surface area contributed by atoms with Crippen LogP contribution in [0, 0.1) is 13.8 Å². The number of nitrogens with zero attached hydrogens (tertiary/aromatic N) is 4. The van der Waals surface area contributed by atoms with Gasteiger partial charge in [0.1, 0.15) is 12.4 Å². The lowest BCUT2D eigenvalue weighted by Gasteiger charge is -2.13. The second kappa shape index (κ2) is 5.69. The highest BCUT2D eigenvalue weighted by Crippen LogP contribution is 2.04. The molecule has 0 saturated carbocycles. The molecule has 0 aromatic carbocycles. The number of carbonyl (C=O) groups excluding carboxylic acids is 1. The first-order valence-electron chi connectivity index (χ1n) is 6.31. The molecule has 0 saturated heterocycles. The molecular formula is C13H19N5O. The zero-order valence-corrected chi connectivity index (χ0v) is 11.5. The molecule has 0 spiro atoms. The van der Waals surface area contributed by atoms with E-state index in [-0.39, 0.29) is 11.9 Å². The molecule has 6 heteroatoms. The fraction of sp³-hybridized carbons (Fsp3) is 0.462. The van der Waals surface area contributed by atoms with E-state index >= 15 is 0 Å². The fourth-order valence-electron chi connectivity index (χ4n) is 1.81. The smallest absolute Gasteiger partial charge is 0.240 e. The number of rotatable bonds is 5. The quantitative estimate of drug-likeness (QED) is 0.875. The third-order valence-electron chi connectivity index (χ3n) is 3.01. The Kier molecular flexibility index (Phi) is 3.99. The molecule has 19 heavy (non-hydrogen) atoms. The molecular weight excluding hydrogens is 242 g/mol. The van der Waals surface area contributed by atoms with Gasteiger partial charge in [-0.05, 0) is 26.3 Å². The van der Waals surface area contributed by atoms with Crippen molar-refractivity contribution in [1.82, 2.24) is 24.6 Å². The molecule has 2 heterocycles. The standard InChI is InChI=1S/C13H19N5O/c1-10-6-16-18(8-10)11(2)7-15-13(19)9-17-5-4-14-12(17)3/h4-6,8,11H,7,9H2,1-3H3,(H,15,19)/t11-/m1/s1. The molecule has 102 valence electrons. The number of amides is 1. The lowest BCUT2D eigenvalue weighted by atomic mass is 10.3. The van der Waals surface area contributed by atoms with Crippen molar-refractivity contribution < 1.29 is 4.79 Å². The topological polar surface area (TPSA) is 64.7 Å². The van der Waals surface area contributed by atoms with Crippen molar-refractivity contribution >= 4 is 5.91 Å². The van der Waals surface area contributed by atoms with E-state index in [0.29, 0.717) is 13.1 Å². The van der Waals surface area contributed by atoms with E-state index in [1.807, 2.05) is 42.4 Å². The minimum atomic E-state index is -0.0168. The van der Waals surface area contributed by atoms with Gasteiger partial charge in [0.15, 0.2) is 0 Å². The Morgan fingerprint density at radius 2 is 2.26 bits per heavy atom. The Bertz CT molecular complexity index is 557. The normalized spacial score (nSPS) is 12.4. The van der Waals surface area contributed by atoms with Crippen LogP contribution in [0.3, 0.4) is 0 Å². The summed E-state index contributed by atoms with van der Waals surface area (Å²) in [5.74, 6) is 0.822. The van der Waals surface area contributed by atoms with E-state index in [2.05, 4.69) is 15.4 Å². The molecule has 2 aromatic heterocycles. The molecule has 0 aliphatic carbocycles. The third-order valence-corrected chi connectivity index (χ3v) is 3.01. The highest BCUT2D eigenvalue weighted by atomic mass is 16.1. The molecule has 0 fully saturated rings. The predicted molar refractivity (Wildman–Crippen MR) is 71.6 cm³/mol. The van der Waals surface area contributed by atoms with Crippen LogP contribution in [0.25, 0.3) is 0 Å². The average molecular weight is 261 g/mol. The van der Waals surface area contributed by atoms with Crippen molar-refractivity contribution in [3.63, 3.8) is 0 Å². The van der Waals surface area contributed by atoms with Crippen LogP contribution in [-0.4, -0.2) is 31.8 Å². The maximum Gasteiger partial charge on any atom is 0.240 e. The lowest BCUT2D eigenvalue weighted by Crippen LogP contribution is -2.32. The zero-order valence-electron chi connectivity index (χ0n) is 11.5. The summed E-state index contributed by atoms with van der Waals surface area (Å²) in [5.41, 5.74) is 1.12. The Morgan fingerprint density at radius 1 is 1.47 bits per heavy atom. The summed E-state index contributed by atoms with van der Waals surface area (Å²) in [6, 6.07) is 0.140. The highest BCUT2D eigenvalue weighted by molar-refractivity contribution is 5.75. The molecule has 0 aliphatic heterocycles. The highest BCUT2D eigenvalue weighted by Gasteiger charge is 2.09. The Morgan fingerprint density at radius 3 is 2.84 bits per heavy atom. The van der Waals surface area contributed by atoms with Gasteiger partial charge in [0.25, 0.3) is 0 Å². The summed E-state index contributed by atoms with van der Waals surface area (Å²) in [6.45, 7) is 6.76. The van der Waals surface area contributed by atoms with Gasteiger partial charge in [0, 0.05) is 25.1 Å². The van der Waals surface area contributed by atoms with Crippen LogP contribution in [0.4, 0.5) is 0 Å². The van der Waals surface area contributed by atoms with Crippen molar-refractivity contribution in [3.05, 3.63) is 36.2 Å². The Balaban J connectivity index is 1.82. The van der Waals surface area contributed by atoms with Crippen LogP contribution in [0.15, 0.2) is 24.8 Å². The van der Waals surface area contributed by atoms with Gasteiger partial charge in [-0.15, -0.1) is 0 Å². The minimum absolute atomic E-state index is 0.0168. The van der Waals surface area contributed by atoms with Crippen LogP contribution in [0.2, 0.25) is 0 Å². The van der Waals surface area contributed by atoms with Gasteiger partial charge < -0.3 is 9.88 Å². The number of imidazole rings is 1. The number of nitrogens with one attached hydrogen (secondary N) is 1.